The summed E-state index contributed by atoms with van der Waals surface area (Å²) in [5, 5.41) is 3.43. The first-order chi connectivity index (χ1) is 13.2. The molecule has 4 rings (SSSR count). The standard InChI is InChI=1S/C23H28N2O2/c1-27-21-10-3-2-9-20(21)19-8-6-7-18(15-19)16-23(11-12-24-17-23)22(26)25-13-4-5-14-25/h2-3,6-10,15,24H,4-5,11-14,16-17H2,1H3/t23-/m0/s1. The molecule has 0 radical (unpaired) electrons. The summed E-state index contributed by atoms with van der Waals surface area (Å²) in [7, 11) is 1.70. The Morgan fingerprint density at radius 3 is 2.70 bits per heavy atom. The quantitative estimate of drug-likeness (QED) is 0.883. The number of methoxy groups -OCH3 is 1. The molecule has 0 aromatic heterocycles. The average Bonchev–Trinajstić information content (AvgIpc) is 3.40. The third kappa shape index (κ3) is 3.59. The fraction of sp³-hybridized carbons (Fsp3) is 0.435. The summed E-state index contributed by atoms with van der Waals surface area (Å²) in [6.07, 6.45) is 3.98. The molecule has 0 saturated carbocycles. The number of para-hydroxylation sites is 1. The summed E-state index contributed by atoms with van der Waals surface area (Å²) in [6.45, 7) is 3.54. The summed E-state index contributed by atoms with van der Waals surface area (Å²) < 4.78 is 5.53. The van der Waals surface area contributed by atoms with Gasteiger partial charge in [0, 0.05) is 25.2 Å². The molecule has 0 bridgehead atoms. The van der Waals surface area contributed by atoms with Gasteiger partial charge in [0.05, 0.1) is 12.5 Å². The van der Waals surface area contributed by atoms with Crippen LogP contribution in [-0.4, -0.2) is 44.1 Å². The third-order valence-electron chi connectivity index (χ3n) is 5.98. The van der Waals surface area contributed by atoms with Gasteiger partial charge in [0.15, 0.2) is 0 Å². The van der Waals surface area contributed by atoms with Gasteiger partial charge in [-0.1, -0.05) is 42.5 Å². The molecule has 2 aliphatic heterocycles. The number of nitrogens with zero attached hydrogens (tertiary/aromatic N) is 1. The highest BCUT2D eigenvalue weighted by molar-refractivity contribution is 5.84. The molecule has 0 aliphatic carbocycles. The zero-order valence-electron chi connectivity index (χ0n) is 16.0. The number of benzene rings is 2. The van der Waals surface area contributed by atoms with Crippen LogP contribution in [0.1, 0.15) is 24.8 Å². The van der Waals surface area contributed by atoms with Crippen molar-refractivity contribution in [3.63, 3.8) is 0 Å². The van der Waals surface area contributed by atoms with Gasteiger partial charge in [0.1, 0.15) is 5.75 Å². The molecule has 2 aliphatic rings. The van der Waals surface area contributed by atoms with E-state index in [1.54, 1.807) is 7.11 Å². The Kier molecular flexibility index (Phi) is 5.17. The lowest BCUT2D eigenvalue weighted by Crippen LogP contribution is -2.45. The van der Waals surface area contributed by atoms with E-state index in [0.29, 0.717) is 5.91 Å². The van der Waals surface area contributed by atoms with Gasteiger partial charge in [-0.3, -0.25) is 4.79 Å². The Morgan fingerprint density at radius 1 is 1.15 bits per heavy atom. The van der Waals surface area contributed by atoms with Crippen molar-refractivity contribution in [2.45, 2.75) is 25.7 Å². The molecule has 1 amide bonds. The summed E-state index contributed by atoms with van der Waals surface area (Å²) in [4.78, 5) is 15.4. The number of hydrogen-bond acceptors (Lipinski definition) is 3. The largest absolute Gasteiger partial charge is 0.496 e. The zero-order chi connectivity index (χ0) is 18.7. The van der Waals surface area contributed by atoms with E-state index in [1.807, 2.05) is 18.2 Å². The number of ether oxygens (including phenoxy) is 1. The fourth-order valence-corrected chi connectivity index (χ4v) is 4.53. The molecule has 1 N–H and O–H groups in total. The van der Waals surface area contributed by atoms with Crippen molar-refractivity contribution < 1.29 is 9.53 Å². The molecule has 2 aromatic rings. The highest BCUT2D eigenvalue weighted by Gasteiger charge is 2.44. The van der Waals surface area contributed by atoms with E-state index in [4.69, 9.17) is 4.74 Å². The summed E-state index contributed by atoms with van der Waals surface area (Å²) >= 11 is 0. The first kappa shape index (κ1) is 18.1. The Morgan fingerprint density at radius 2 is 1.96 bits per heavy atom. The lowest BCUT2D eigenvalue weighted by molar-refractivity contribution is -0.140. The Labute approximate surface area is 161 Å². The number of hydrogen-bond donors (Lipinski definition) is 1. The minimum atomic E-state index is -0.302. The van der Waals surface area contributed by atoms with E-state index in [9.17, 15) is 4.79 Å². The normalized spacial score (nSPS) is 22.2. The van der Waals surface area contributed by atoms with E-state index < -0.39 is 0 Å². The molecule has 4 nitrogen and oxygen atoms in total. The van der Waals surface area contributed by atoms with Crippen molar-refractivity contribution in [2.75, 3.05) is 33.3 Å². The smallest absolute Gasteiger partial charge is 0.230 e. The second kappa shape index (κ2) is 7.73. The Bertz CT molecular complexity index is 806. The molecule has 2 fully saturated rings. The van der Waals surface area contributed by atoms with Crippen LogP contribution in [0.15, 0.2) is 48.5 Å². The number of rotatable bonds is 5. The van der Waals surface area contributed by atoms with Gasteiger partial charge in [0.2, 0.25) is 5.91 Å². The van der Waals surface area contributed by atoms with E-state index in [2.05, 4.69) is 40.5 Å². The number of nitrogens with one attached hydrogen (secondary N) is 1. The van der Waals surface area contributed by atoms with Gasteiger partial charge >= 0.3 is 0 Å². The van der Waals surface area contributed by atoms with Gasteiger partial charge in [-0.15, -0.1) is 0 Å². The molecule has 2 heterocycles. The monoisotopic (exact) mass is 364 g/mol. The maximum Gasteiger partial charge on any atom is 0.230 e. The molecule has 0 spiro atoms. The van der Waals surface area contributed by atoms with Crippen LogP contribution in [0, 0.1) is 5.41 Å². The summed E-state index contributed by atoms with van der Waals surface area (Å²) in [5.41, 5.74) is 3.14. The van der Waals surface area contributed by atoms with Crippen LogP contribution in [0.2, 0.25) is 0 Å². The minimum absolute atomic E-state index is 0.302. The predicted molar refractivity (Wildman–Crippen MR) is 108 cm³/mol. The van der Waals surface area contributed by atoms with Crippen molar-refractivity contribution in [1.29, 1.82) is 0 Å². The van der Waals surface area contributed by atoms with E-state index in [0.717, 1.165) is 68.7 Å². The van der Waals surface area contributed by atoms with Crippen molar-refractivity contribution in [2.24, 2.45) is 5.41 Å². The molecule has 0 unspecified atom stereocenters. The zero-order valence-corrected chi connectivity index (χ0v) is 16.0. The molecule has 27 heavy (non-hydrogen) atoms. The summed E-state index contributed by atoms with van der Waals surface area (Å²) in [6, 6.07) is 16.7. The van der Waals surface area contributed by atoms with Crippen LogP contribution in [0.4, 0.5) is 0 Å². The first-order valence-corrected chi connectivity index (χ1v) is 9.94. The predicted octanol–water partition coefficient (Wildman–Crippen LogP) is 3.51. The van der Waals surface area contributed by atoms with Crippen LogP contribution >= 0.6 is 0 Å². The lowest BCUT2D eigenvalue weighted by atomic mass is 9.79. The average molecular weight is 364 g/mol. The molecular formula is C23H28N2O2. The van der Waals surface area contributed by atoms with Gasteiger partial charge in [-0.05, 0) is 49.4 Å². The van der Waals surface area contributed by atoms with Gasteiger partial charge in [0.25, 0.3) is 0 Å². The second-order valence-corrected chi connectivity index (χ2v) is 7.78. The fourth-order valence-electron chi connectivity index (χ4n) is 4.53. The number of likely N-dealkylation sites (tertiary alicyclic amines) is 1. The van der Waals surface area contributed by atoms with Crippen molar-refractivity contribution in [3.8, 4) is 16.9 Å². The first-order valence-electron chi connectivity index (χ1n) is 9.94. The van der Waals surface area contributed by atoms with Crippen LogP contribution in [0.25, 0.3) is 11.1 Å². The SMILES string of the molecule is COc1ccccc1-c1cccc(C[C@@]2(C(=O)N3CCCC3)CCNC2)c1. The third-order valence-corrected chi connectivity index (χ3v) is 5.98. The van der Waals surface area contributed by atoms with Gasteiger partial charge < -0.3 is 15.0 Å². The topological polar surface area (TPSA) is 41.6 Å². The molecular weight excluding hydrogens is 336 g/mol. The lowest BCUT2D eigenvalue weighted by Gasteiger charge is -2.32. The van der Waals surface area contributed by atoms with Crippen LogP contribution in [-0.2, 0) is 11.2 Å². The number of carbonyl (C=O) groups excluding carboxylic acids is 1. The molecule has 2 saturated heterocycles. The highest BCUT2D eigenvalue weighted by atomic mass is 16.5. The Balaban J connectivity index is 1.62. The highest BCUT2D eigenvalue weighted by Crippen LogP contribution is 2.36. The van der Waals surface area contributed by atoms with E-state index in [-0.39, 0.29) is 5.41 Å². The van der Waals surface area contributed by atoms with Crippen LogP contribution in [0.5, 0.6) is 5.75 Å². The molecule has 142 valence electrons. The van der Waals surface area contributed by atoms with Crippen molar-refractivity contribution in [3.05, 3.63) is 54.1 Å². The van der Waals surface area contributed by atoms with Crippen LogP contribution < -0.4 is 10.1 Å². The number of carbonyl (C=O) groups is 1. The Hall–Kier alpha value is -2.33. The van der Waals surface area contributed by atoms with E-state index >= 15 is 0 Å². The molecule has 1 atom stereocenters. The summed E-state index contributed by atoms with van der Waals surface area (Å²) in [5.74, 6) is 1.22. The van der Waals surface area contributed by atoms with Crippen molar-refractivity contribution >= 4 is 5.91 Å². The maximum absolute atomic E-state index is 13.3. The van der Waals surface area contributed by atoms with Gasteiger partial charge in [-0.25, -0.2) is 0 Å². The maximum atomic E-state index is 13.3. The van der Waals surface area contributed by atoms with Gasteiger partial charge in [-0.2, -0.15) is 0 Å². The van der Waals surface area contributed by atoms with Crippen LogP contribution in [0.3, 0.4) is 0 Å². The minimum Gasteiger partial charge on any atom is -0.496 e. The molecule has 4 heteroatoms. The molecule has 2 aromatic carbocycles. The van der Waals surface area contributed by atoms with Crippen molar-refractivity contribution in [1.82, 2.24) is 10.2 Å². The van der Waals surface area contributed by atoms with E-state index in [1.165, 1.54) is 5.56 Å². The number of amides is 1. The second-order valence-electron chi connectivity index (χ2n) is 7.78.